The van der Waals surface area contributed by atoms with Gasteiger partial charge in [0.2, 0.25) is 5.92 Å². The molecule has 2 rings (SSSR count). The minimum Gasteiger partial charge on any atom is -0.497 e. The zero-order chi connectivity index (χ0) is 18.3. The molecule has 0 aliphatic heterocycles. The van der Waals surface area contributed by atoms with Gasteiger partial charge in [-0.2, -0.15) is 5.26 Å². The van der Waals surface area contributed by atoms with Gasteiger partial charge in [-0.1, -0.05) is 12.1 Å². The van der Waals surface area contributed by atoms with E-state index in [-0.39, 0.29) is 37.9 Å². The molecule has 1 aromatic carbocycles. The first-order chi connectivity index (χ1) is 12.0. The summed E-state index contributed by atoms with van der Waals surface area (Å²) in [4.78, 5) is 0. The zero-order valence-electron chi connectivity index (χ0n) is 14.5. The van der Waals surface area contributed by atoms with Crippen molar-refractivity contribution >= 4 is 0 Å². The van der Waals surface area contributed by atoms with Crippen molar-refractivity contribution in [3.8, 4) is 11.8 Å². The molecule has 0 aromatic heterocycles. The molecule has 4 nitrogen and oxygen atoms in total. The van der Waals surface area contributed by atoms with E-state index in [2.05, 4.69) is 6.07 Å². The third-order valence-corrected chi connectivity index (χ3v) is 4.92. The van der Waals surface area contributed by atoms with Gasteiger partial charge in [-0.25, -0.2) is 8.78 Å². The molecular weight excluding hydrogens is 328 g/mol. The predicted octanol–water partition coefficient (Wildman–Crippen LogP) is 3.79. The first-order valence-corrected chi connectivity index (χ1v) is 8.58. The Hall–Kier alpha value is -1.71. The van der Waals surface area contributed by atoms with Crippen LogP contribution in [0.4, 0.5) is 8.78 Å². The lowest BCUT2D eigenvalue weighted by molar-refractivity contribution is -0.0835. The summed E-state index contributed by atoms with van der Waals surface area (Å²) in [5.74, 6) is -2.88. The molecular formula is C19H25F2NO3. The molecule has 0 unspecified atom stereocenters. The minimum atomic E-state index is -2.69. The molecule has 3 atom stereocenters. The summed E-state index contributed by atoms with van der Waals surface area (Å²) in [5.41, 5.74) is 0.958. The van der Waals surface area contributed by atoms with E-state index in [9.17, 15) is 14.0 Å². The van der Waals surface area contributed by atoms with Crippen LogP contribution < -0.4 is 4.74 Å². The van der Waals surface area contributed by atoms with Crippen LogP contribution in [0.2, 0.25) is 0 Å². The third kappa shape index (κ3) is 5.65. The van der Waals surface area contributed by atoms with Crippen LogP contribution in [0, 0.1) is 29.1 Å². The molecule has 1 aliphatic carbocycles. The zero-order valence-corrected chi connectivity index (χ0v) is 14.5. The van der Waals surface area contributed by atoms with Crippen LogP contribution in [-0.2, 0) is 11.3 Å². The van der Waals surface area contributed by atoms with Crippen molar-refractivity contribution < 1.29 is 23.4 Å². The van der Waals surface area contributed by atoms with Gasteiger partial charge in [-0.05, 0) is 42.4 Å². The number of nitriles is 1. The summed E-state index contributed by atoms with van der Waals surface area (Å²) in [6.45, 7) is 0.429. The number of benzene rings is 1. The van der Waals surface area contributed by atoms with Gasteiger partial charge >= 0.3 is 0 Å². The van der Waals surface area contributed by atoms with Crippen LogP contribution in [0.1, 0.15) is 31.2 Å². The summed E-state index contributed by atoms with van der Waals surface area (Å²) in [6, 6.07) is 9.66. The monoisotopic (exact) mass is 353 g/mol. The van der Waals surface area contributed by atoms with E-state index in [0.29, 0.717) is 19.4 Å². The third-order valence-electron chi connectivity index (χ3n) is 4.92. The fourth-order valence-corrected chi connectivity index (χ4v) is 3.54. The number of methoxy groups -OCH3 is 1. The van der Waals surface area contributed by atoms with E-state index >= 15 is 0 Å². The van der Waals surface area contributed by atoms with Crippen LogP contribution in [0.15, 0.2) is 24.3 Å². The quantitative estimate of drug-likeness (QED) is 0.772. The first-order valence-electron chi connectivity index (χ1n) is 8.58. The molecule has 0 radical (unpaired) electrons. The molecule has 0 bridgehead atoms. The van der Waals surface area contributed by atoms with Crippen molar-refractivity contribution in [1.82, 2.24) is 0 Å². The molecule has 0 saturated heterocycles. The number of rotatable bonds is 8. The van der Waals surface area contributed by atoms with Gasteiger partial charge in [-0.3, -0.25) is 0 Å². The molecule has 0 spiro atoms. The van der Waals surface area contributed by atoms with Gasteiger partial charge < -0.3 is 14.6 Å². The van der Waals surface area contributed by atoms with Crippen molar-refractivity contribution in [2.45, 2.75) is 38.2 Å². The smallest absolute Gasteiger partial charge is 0.248 e. The van der Waals surface area contributed by atoms with Crippen molar-refractivity contribution in [2.75, 3.05) is 20.3 Å². The summed E-state index contributed by atoms with van der Waals surface area (Å²) in [6.07, 6.45) is 0.143. The van der Waals surface area contributed by atoms with Crippen molar-refractivity contribution in [3.63, 3.8) is 0 Å². The van der Waals surface area contributed by atoms with E-state index in [1.165, 1.54) is 0 Å². The normalized spacial score (nSPS) is 23.6. The molecule has 1 aromatic rings. The highest BCUT2D eigenvalue weighted by molar-refractivity contribution is 5.26. The summed E-state index contributed by atoms with van der Waals surface area (Å²) in [7, 11) is 1.60. The number of halogens is 2. The standard InChI is InChI=1S/C19H25F2NO3/c1-24-17-4-2-14(3-5-17)12-25-13-16(11-22)18-6-8-19(20,21)10-15(18)7-9-23/h2-5,15-16,18,23H,6-10,12-13H2,1H3/t15-,16+,18-/m1/s1. The number of hydrogen-bond donors (Lipinski definition) is 1. The van der Waals surface area contributed by atoms with Gasteiger partial charge in [0.1, 0.15) is 5.75 Å². The van der Waals surface area contributed by atoms with E-state index < -0.39 is 11.8 Å². The maximum absolute atomic E-state index is 13.6. The number of ether oxygens (including phenoxy) is 2. The molecule has 0 amide bonds. The Morgan fingerprint density at radius 3 is 2.68 bits per heavy atom. The van der Waals surface area contributed by atoms with E-state index in [1.807, 2.05) is 24.3 Å². The summed E-state index contributed by atoms with van der Waals surface area (Å²) < 4.78 is 38.1. The van der Waals surface area contributed by atoms with Crippen LogP contribution in [-0.4, -0.2) is 31.4 Å². The Morgan fingerprint density at radius 1 is 1.36 bits per heavy atom. The summed E-state index contributed by atoms with van der Waals surface area (Å²) >= 11 is 0. The van der Waals surface area contributed by atoms with Crippen molar-refractivity contribution in [2.24, 2.45) is 17.8 Å². The minimum absolute atomic E-state index is 0.137. The Balaban J connectivity index is 1.90. The van der Waals surface area contributed by atoms with Gasteiger partial charge in [0.25, 0.3) is 0 Å². The van der Waals surface area contributed by atoms with Gasteiger partial charge in [0.15, 0.2) is 0 Å². The van der Waals surface area contributed by atoms with Crippen LogP contribution in [0.25, 0.3) is 0 Å². The number of nitrogens with zero attached hydrogens (tertiary/aromatic N) is 1. The Morgan fingerprint density at radius 2 is 2.08 bits per heavy atom. The molecule has 1 fully saturated rings. The lowest BCUT2D eigenvalue weighted by Crippen LogP contribution is -2.37. The second kappa shape index (κ2) is 9.12. The molecule has 6 heteroatoms. The first kappa shape index (κ1) is 19.6. The van der Waals surface area contributed by atoms with Gasteiger partial charge in [0.05, 0.1) is 32.3 Å². The highest BCUT2D eigenvalue weighted by atomic mass is 19.3. The lowest BCUT2D eigenvalue weighted by atomic mass is 9.70. The lowest BCUT2D eigenvalue weighted by Gasteiger charge is -2.38. The highest BCUT2D eigenvalue weighted by Crippen LogP contribution is 2.44. The Kier molecular flexibility index (Phi) is 7.15. The second-order valence-electron chi connectivity index (χ2n) is 6.63. The SMILES string of the molecule is COc1ccc(COC[C@H](C#N)[C@@H]2CCC(F)(F)C[C@H]2CCO)cc1. The average molecular weight is 353 g/mol. The van der Waals surface area contributed by atoms with Crippen LogP contribution in [0.5, 0.6) is 5.75 Å². The predicted molar refractivity (Wildman–Crippen MR) is 89.2 cm³/mol. The molecule has 1 N–H and O–H groups in total. The molecule has 0 heterocycles. The maximum Gasteiger partial charge on any atom is 0.248 e. The summed E-state index contributed by atoms with van der Waals surface area (Å²) in [5, 5.41) is 18.6. The van der Waals surface area contributed by atoms with E-state index in [0.717, 1.165) is 11.3 Å². The molecule has 138 valence electrons. The molecule has 25 heavy (non-hydrogen) atoms. The maximum atomic E-state index is 13.6. The van der Waals surface area contributed by atoms with E-state index in [1.54, 1.807) is 7.11 Å². The topological polar surface area (TPSA) is 62.5 Å². The Labute approximate surface area is 147 Å². The van der Waals surface area contributed by atoms with E-state index in [4.69, 9.17) is 14.6 Å². The van der Waals surface area contributed by atoms with Crippen LogP contribution >= 0.6 is 0 Å². The molecule has 1 aliphatic rings. The number of aliphatic hydroxyl groups excluding tert-OH is 1. The highest BCUT2D eigenvalue weighted by Gasteiger charge is 2.43. The Bertz CT molecular complexity index is 571. The van der Waals surface area contributed by atoms with Gasteiger partial charge in [0, 0.05) is 19.4 Å². The number of aliphatic hydroxyl groups is 1. The van der Waals surface area contributed by atoms with Crippen LogP contribution in [0.3, 0.4) is 0 Å². The number of hydrogen-bond acceptors (Lipinski definition) is 4. The second-order valence-corrected chi connectivity index (χ2v) is 6.63. The average Bonchev–Trinajstić information content (AvgIpc) is 2.60. The fraction of sp³-hybridized carbons (Fsp3) is 0.632. The molecule has 1 saturated carbocycles. The number of alkyl halides is 2. The van der Waals surface area contributed by atoms with Crippen molar-refractivity contribution in [3.05, 3.63) is 29.8 Å². The van der Waals surface area contributed by atoms with Crippen molar-refractivity contribution in [1.29, 1.82) is 5.26 Å². The largest absolute Gasteiger partial charge is 0.497 e. The van der Waals surface area contributed by atoms with Gasteiger partial charge in [-0.15, -0.1) is 0 Å². The fourth-order valence-electron chi connectivity index (χ4n) is 3.54.